The van der Waals surface area contributed by atoms with E-state index in [1.54, 1.807) is 0 Å². The maximum atomic E-state index is 12.9. The van der Waals surface area contributed by atoms with Crippen molar-refractivity contribution in [1.82, 2.24) is 4.31 Å². The Balaban J connectivity index is 1.97. The first kappa shape index (κ1) is 22.5. The van der Waals surface area contributed by atoms with Crippen LogP contribution in [0.25, 0.3) is 0 Å². The van der Waals surface area contributed by atoms with Crippen LogP contribution in [-0.2, 0) is 33.1 Å². The molecule has 0 unspecified atom stereocenters. The monoisotopic (exact) mass is 424 g/mol. The number of unbranched alkanes of at least 4 members (excludes halogenated alkanes) is 3. The molecule has 6 nitrogen and oxygen atoms in total. The van der Waals surface area contributed by atoms with Gasteiger partial charge in [0, 0.05) is 13.1 Å². The van der Waals surface area contributed by atoms with Gasteiger partial charge >= 0.3 is 0 Å². The fourth-order valence-corrected chi connectivity index (χ4v) is 5.02. The molecule has 0 aliphatic carbocycles. The standard InChI is InChI=1S/C20H28N2O4S2/c21-27(23,24)15-9-1-2-10-16-28(25,26)22(17-19-11-5-3-6-12-19)18-20-13-7-4-8-14-20/h3-8,11-14H,1-2,9-10,15-18H2,(H2,21,23,24). The van der Waals surface area contributed by atoms with Crippen molar-refractivity contribution in [2.75, 3.05) is 11.5 Å². The summed E-state index contributed by atoms with van der Waals surface area (Å²) in [5.74, 6) is -0.0179. The Morgan fingerprint density at radius 3 is 1.50 bits per heavy atom. The lowest BCUT2D eigenvalue weighted by atomic mass is 10.2. The molecular weight excluding hydrogens is 396 g/mol. The molecule has 0 aliphatic rings. The molecule has 0 atom stereocenters. The van der Waals surface area contributed by atoms with Gasteiger partial charge in [-0.2, -0.15) is 4.31 Å². The van der Waals surface area contributed by atoms with Crippen LogP contribution in [0.1, 0.15) is 36.8 Å². The van der Waals surface area contributed by atoms with Gasteiger partial charge in [-0.25, -0.2) is 22.0 Å². The fraction of sp³-hybridized carbons (Fsp3) is 0.400. The molecular formula is C20H28N2O4S2. The summed E-state index contributed by atoms with van der Waals surface area (Å²) in [6.45, 7) is 0.646. The Hall–Kier alpha value is -1.74. The predicted octanol–water partition coefficient (Wildman–Crippen LogP) is 2.87. The van der Waals surface area contributed by atoms with E-state index >= 15 is 0 Å². The first-order chi connectivity index (χ1) is 13.3. The summed E-state index contributed by atoms with van der Waals surface area (Å²) in [6, 6.07) is 19.1. The van der Waals surface area contributed by atoms with Crippen molar-refractivity contribution >= 4 is 20.0 Å². The molecule has 0 saturated carbocycles. The van der Waals surface area contributed by atoms with E-state index < -0.39 is 20.0 Å². The first-order valence-electron chi connectivity index (χ1n) is 9.32. The number of hydrogen-bond donors (Lipinski definition) is 1. The van der Waals surface area contributed by atoms with Gasteiger partial charge in [-0.3, -0.25) is 0 Å². The first-order valence-corrected chi connectivity index (χ1v) is 12.6. The van der Waals surface area contributed by atoms with E-state index in [2.05, 4.69) is 0 Å². The largest absolute Gasteiger partial charge is 0.229 e. The summed E-state index contributed by atoms with van der Waals surface area (Å²) in [5.41, 5.74) is 1.88. The van der Waals surface area contributed by atoms with Gasteiger partial charge in [-0.15, -0.1) is 0 Å². The molecule has 0 aromatic heterocycles. The molecule has 2 N–H and O–H groups in total. The number of nitrogens with two attached hydrogens (primary N) is 1. The highest BCUT2D eigenvalue weighted by molar-refractivity contribution is 7.89. The van der Waals surface area contributed by atoms with E-state index in [0.29, 0.717) is 38.8 Å². The van der Waals surface area contributed by atoms with Crippen molar-refractivity contribution in [2.45, 2.75) is 38.8 Å². The van der Waals surface area contributed by atoms with Gasteiger partial charge in [-0.1, -0.05) is 73.5 Å². The molecule has 8 heteroatoms. The van der Waals surface area contributed by atoms with Crippen molar-refractivity contribution in [2.24, 2.45) is 5.14 Å². The zero-order valence-corrected chi connectivity index (χ0v) is 17.5. The highest BCUT2D eigenvalue weighted by Crippen LogP contribution is 2.16. The highest BCUT2D eigenvalue weighted by Gasteiger charge is 2.22. The molecule has 0 fully saturated rings. The van der Waals surface area contributed by atoms with Crippen molar-refractivity contribution in [3.63, 3.8) is 0 Å². The molecule has 0 saturated heterocycles. The molecule has 2 aromatic carbocycles. The number of benzene rings is 2. The van der Waals surface area contributed by atoms with Crippen LogP contribution in [0, 0.1) is 0 Å². The molecule has 154 valence electrons. The van der Waals surface area contributed by atoms with Crippen LogP contribution >= 0.6 is 0 Å². The summed E-state index contributed by atoms with van der Waals surface area (Å²) in [6.07, 6.45) is 2.24. The maximum absolute atomic E-state index is 12.9. The van der Waals surface area contributed by atoms with E-state index in [0.717, 1.165) is 11.1 Å². The van der Waals surface area contributed by atoms with Gasteiger partial charge in [-0.05, 0) is 24.0 Å². The summed E-state index contributed by atoms with van der Waals surface area (Å²) in [7, 11) is -6.89. The summed E-state index contributed by atoms with van der Waals surface area (Å²) in [5, 5.41) is 4.98. The Kier molecular flexibility index (Phi) is 8.62. The Morgan fingerprint density at radius 2 is 1.07 bits per heavy atom. The Labute approximate surface area is 168 Å². The molecule has 0 spiro atoms. The quantitative estimate of drug-likeness (QED) is 0.530. The minimum absolute atomic E-state index is 0.0437. The van der Waals surface area contributed by atoms with Crippen LogP contribution in [0.5, 0.6) is 0 Å². The average Bonchev–Trinajstić information content (AvgIpc) is 2.65. The third kappa shape index (κ3) is 8.52. The smallest absolute Gasteiger partial charge is 0.214 e. The molecule has 0 bridgehead atoms. The minimum atomic E-state index is -3.45. The molecule has 0 aliphatic heterocycles. The minimum Gasteiger partial charge on any atom is -0.229 e. The predicted molar refractivity (Wildman–Crippen MR) is 112 cm³/mol. The van der Waals surface area contributed by atoms with Crippen LogP contribution in [0.3, 0.4) is 0 Å². The van der Waals surface area contributed by atoms with Gasteiger partial charge in [0.05, 0.1) is 11.5 Å². The number of rotatable bonds is 12. The van der Waals surface area contributed by atoms with Gasteiger partial charge in [0.2, 0.25) is 20.0 Å². The summed E-state index contributed by atoms with van der Waals surface area (Å²) in [4.78, 5) is 0. The Morgan fingerprint density at radius 1 is 0.643 bits per heavy atom. The van der Waals surface area contributed by atoms with E-state index in [-0.39, 0.29) is 11.5 Å². The zero-order chi connectivity index (χ0) is 20.5. The van der Waals surface area contributed by atoms with E-state index in [9.17, 15) is 16.8 Å². The maximum Gasteiger partial charge on any atom is 0.214 e. The van der Waals surface area contributed by atoms with E-state index in [1.165, 1.54) is 4.31 Å². The van der Waals surface area contributed by atoms with Crippen molar-refractivity contribution in [3.8, 4) is 0 Å². The van der Waals surface area contributed by atoms with Gasteiger partial charge in [0.15, 0.2) is 0 Å². The molecule has 0 heterocycles. The second kappa shape index (κ2) is 10.7. The van der Waals surface area contributed by atoms with Crippen LogP contribution < -0.4 is 5.14 Å². The highest BCUT2D eigenvalue weighted by atomic mass is 32.2. The topological polar surface area (TPSA) is 97.5 Å². The molecule has 28 heavy (non-hydrogen) atoms. The molecule has 2 rings (SSSR count). The Bertz CT molecular complexity index is 874. The fourth-order valence-electron chi connectivity index (χ4n) is 2.90. The van der Waals surface area contributed by atoms with Crippen LogP contribution in [0.2, 0.25) is 0 Å². The average molecular weight is 425 g/mol. The second-order valence-electron chi connectivity index (χ2n) is 6.84. The van der Waals surface area contributed by atoms with Crippen LogP contribution in [0.4, 0.5) is 0 Å². The summed E-state index contributed by atoms with van der Waals surface area (Å²) < 4.78 is 49.3. The third-order valence-corrected chi connectivity index (χ3v) is 7.09. The second-order valence-corrected chi connectivity index (χ2v) is 10.7. The lowest BCUT2D eigenvalue weighted by Gasteiger charge is -2.22. The number of hydrogen-bond acceptors (Lipinski definition) is 4. The summed E-state index contributed by atoms with van der Waals surface area (Å²) >= 11 is 0. The molecule has 2 aromatic rings. The zero-order valence-electron chi connectivity index (χ0n) is 15.9. The van der Waals surface area contributed by atoms with Crippen molar-refractivity contribution in [3.05, 3.63) is 71.8 Å². The molecule has 0 amide bonds. The van der Waals surface area contributed by atoms with E-state index in [1.807, 2.05) is 60.7 Å². The van der Waals surface area contributed by atoms with Crippen molar-refractivity contribution in [1.29, 1.82) is 0 Å². The van der Waals surface area contributed by atoms with Crippen molar-refractivity contribution < 1.29 is 16.8 Å². The van der Waals surface area contributed by atoms with Gasteiger partial charge < -0.3 is 0 Å². The van der Waals surface area contributed by atoms with E-state index in [4.69, 9.17) is 5.14 Å². The lowest BCUT2D eigenvalue weighted by molar-refractivity contribution is 0.400. The van der Waals surface area contributed by atoms with Crippen LogP contribution in [-0.4, -0.2) is 32.6 Å². The number of primary sulfonamides is 1. The van der Waals surface area contributed by atoms with Crippen LogP contribution in [0.15, 0.2) is 60.7 Å². The number of nitrogens with zero attached hydrogens (tertiary/aromatic N) is 1. The SMILES string of the molecule is NS(=O)(=O)CCCCCCS(=O)(=O)N(Cc1ccccc1)Cc1ccccc1. The number of sulfonamides is 2. The normalized spacial score (nSPS) is 12.4. The molecule has 0 radical (unpaired) electrons. The lowest BCUT2D eigenvalue weighted by Crippen LogP contribution is -2.32. The third-order valence-electron chi connectivity index (χ3n) is 4.38. The van der Waals surface area contributed by atoms with Gasteiger partial charge in [0.1, 0.15) is 0 Å². The van der Waals surface area contributed by atoms with Gasteiger partial charge in [0.25, 0.3) is 0 Å².